The first-order valence-corrected chi connectivity index (χ1v) is 9.04. The quantitative estimate of drug-likeness (QED) is 0.549. The van der Waals surface area contributed by atoms with E-state index in [2.05, 4.69) is 33.2 Å². The Balaban J connectivity index is 1.73. The number of fused-ring (bicyclic) bond motifs is 3. The Morgan fingerprint density at radius 3 is 2.44 bits per heavy atom. The average Bonchev–Trinajstić information content (AvgIpc) is 3.13. The van der Waals surface area contributed by atoms with E-state index in [1.54, 1.807) is 16.6 Å². The molecule has 1 saturated heterocycles. The summed E-state index contributed by atoms with van der Waals surface area (Å²) in [6.07, 6.45) is 0. The molecule has 2 aromatic heterocycles. The van der Waals surface area contributed by atoms with Crippen LogP contribution in [0.3, 0.4) is 0 Å². The van der Waals surface area contributed by atoms with Gasteiger partial charge in [-0.3, -0.25) is 0 Å². The van der Waals surface area contributed by atoms with Crippen LogP contribution in [-0.4, -0.2) is 57.9 Å². The fourth-order valence-electron chi connectivity index (χ4n) is 3.60. The van der Waals surface area contributed by atoms with Crippen molar-refractivity contribution in [3.05, 3.63) is 54.3 Å². The Labute approximate surface area is 155 Å². The number of likely N-dealkylation sites (N-methyl/N-ethyl adjacent to an activating group) is 1. The minimum Gasteiger partial charge on any atom is -0.353 e. The Morgan fingerprint density at radius 1 is 0.926 bits per heavy atom. The van der Waals surface area contributed by atoms with Crippen molar-refractivity contribution in [3.63, 3.8) is 0 Å². The molecule has 6 nitrogen and oxygen atoms in total. The molecular formula is C20H19FN6. The van der Waals surface area contributed by atoms with Crippen LogP contribution in [0.4, 0.5) is 10.2 Å². The molecule has 4 aromatic rings. The Hall–Kier alpha value is -3.06. The molecule has 0 radical (unpaired) electrons. The zero-order valence-corrected chi connectivity index (χ0v) is 15.0. The zero-order valence-electron chi connectivity index (χ0n) is 15.0. The van der Waals surface area contributed by atoms with Gasteiger partial charge in [0.1, 0.15) is 17.3 Å². The average molecular weight is 362 g/mol. The SMILES string of the molecule is CN1CCN(c2nc3c(-c4ccc(F)cc4)nnn3c3ccccc23)CC1. The van der Waals surface area contributed by atoms with Crippen LogP contribution < -0.4 is 4.90 Å². The van der Waals surface area contributed by atoms with Gasteiger partial charge in [-0.1, -0.05) is 17.3 Å². The van der Waals surface area contributed by atoms with Crippen LogP contribution in [-0.2, 0) is 0 Å². The molecule has 136 valence electrons. The highest BCUT2D eigenvalue weighted by Crippen LogP contribution is 2.30. The molecule has 0 saturated carbocycles. The van der Waals surface area contributed by atoms with Gasteiger partial charge in [0, 0.05) is 37.1 Å². The molecule has 0 aliphatic carbocycles. The predicted molar refractivity (Wildman–Crippen MR) is 103 cm³/mol. The van der Waals surface area contributed by atoms with E-state index in [-0.39, 0.29) is 5.82 Å². The standard InChI is InChI=1S/C20H19FN6/c1-25-10-12-26(13-11-25)19-16-4-2-3-5-17(16)27-20(22-19)18(23-24-27)14-6-8-15(21)9-7-14/h2-9H,10-13H2,1H3. The summed E-state index contributed by atoms with van der Waals surface area (Å²) in [5.74, 6) is 0.684. The lowest BCUT2D eigenvalue weighted by atomic mass is 10.1. The summed E-state index contributed by atoms with van der Waals surface area (Å²) in [6.45, 7) is 3.86. The van der Waals surface area contributed by atoms with Crippen LogP contribution >= 0.6 is 0 Å². The number of benzene rings is 2. The number of hydrogen-bond donors (Lipinski definition) is 0. The summed E-state index contributed by atoms with van der Waals surface area (Å²) >= 11 is 0. The Morgan fingerprint density at radius 2 is 1.67 bits per heavy atom. The molecule has 7 heteroatoms. The number of nitrogens with zero attached hydrogens (tertiary/aromatic N) is 6. The molecular weight excluding hydrogens is 343 g/mol. The molecule has 1 aliphatic heterocycles. The first-order chi connectivity index (χ1) is 13.2. The molecule has 3 heterocycles. The third-order valence-electron chi connectivity index (χ3n) is 5.15. The van der Waals surface area contributed by atoms with Gasteiger partial charge < -0.3 is 9.80 Å². The predicted octanol–water partition coefficient (Wildman–Crippen LogP) is 2.84. The first-order valence-electron chi connectivity index (χ1n) is 9.04. The van der Waals surface area contributed by atoms with E-state index in [1.807, 2.05) is 18.2 Å². The maximum Gasteiger partial charge on any atom is 0.186 e. The second-order valence-electron chi connectivity index (χ2n) is 6.92. The van der Waals surface area contributed by atoms with E-state index in [4.69, 9.17) is 4.98 Å². The highest BCUT2D eigenvalue weighted by Gasteiger charge is 2.21. The number of para-hydroxylation sites is 1. The summed E-state index contributed by atoms with van der Waals surface area (Å²) in [5.41, 5.74) is 3.13. The maximum absolute atomic E-state index is 13.3. The molecule has 1 fully saturated rings. The molecule has 2 aromatic carbocycles. The van der Waals surface area contributed by atoms with Crippen molar-refractivity contribution in [2.24, 2.45) is 0 Å². The van der Waals surface area contributed by atoms with Crippen molar-refractivity contribution >= 4 is 22.4 Å². The molecule has 1 aliphatic rings. The van der Waals surface area contributed by atoms with Crippen molar-refractivity contribution in [2.75, 3.05) is 38.1 Å². The summed E-state index contributed by atoms with van der Waals surface area (Å²) in [7, 11) is 2.14. The van der Waals surface area contributed by atoms with Crippen molar-refractivity contribution in [3.8, 4) is 11.3 Å². The molecule has 0 spiro atoms. The molecule has 0 amide bonds. The number of hydrogen-bond acceptors (Lipinski definition) is 5. The topological polar surface area (TPSA) is 49.6 Å². The number of anilines is 1. The Bertz CT molecular complexity index is 1110. The number of aromatic nitrogens is 4. The highest BCUT2D eigenvalue weighted by atomic mass is 19.1. The van der Waals surface area contributed by atoms with Gasteiger partial charge in [-0.25, -0.2) is 9.37 Å². The smallest absolute Gasteiger partial charge is 0.186 e. The summed E-state index contributed by atoms with van der Waals surface area (Å²) < 4.78 is 15.1. The van der Waals surface area contributed by atoms with Gasteiger partial charge in [0.25, 0.3) is 0 Å². The minimum absolute atomic E-state index is 0.272. The lowest BCUT2D eigenvalue weighted by molar-refractivity contribution is 0.312. The van der Waals surface area contributed by atoms with Crippen molar-refractivity contribution in [1.82, 2.24) is 24.7 Å². The first kappa shape index (κ1) is 16.1. The monoisotopic (exact) mass is 362 g/mol. The lowest BCUT2D eigenvalue weighted by Gasteiger charge is -2.33. The van der Waals surface area contributed by atoms with Gasteiger partial charge in [0.2, 0.25) is 0 Å². The van der Waals surface area contributed by atoms with Crippen molar-refractivity contribution in [2.45, 2.75) is 0 Å². The van der Waals surface area contributed by atoms with E-state index in [0.717, 1.165) is 48.5 Å². The normalized spacial score (nSPS) is 15.7. The fraction of sp³-hybridized carbons (Fsp3) is 0.250. The lowest BCUT2D eigenvalue weighted by Crippen LogP contribution is -2.45. The van der Waals surface area contributed by atoms with E-state index in [0.29, 0.717) is 11.3 Å². The van der Waals surface area contributed by atoms with Gasteiger partial charge in [-0.2, -0.15) is 4.52 Å². The van der Waals surface area contributed by atoms with E-state index < -0.39 is 0 Å². The maximum atomic E-state index is 13.3. The van der Waals surface area contributed by atoms with E-state index >= 15 is 0 Å². The highest BCUT2D eigenvalue weighted by molar-refractivity contribution is 5.93. The van der Waals surface area contributed by atoms with Crippen LogP contribution in [0.15, 0.2) is 48.5 Å². The summed E-state index contributed by atoms with van der Waals surface area (Å²) in [4.78, 5) is 9.61. The van der Waals surface area contributed by atoms with Crippen LogP contribution in [0.25, 0.3) is 27.8 Å². The van der Waals surface area contributed by atoms with Gasteiger partial charge in [-0.15, -0.1) is 5.10 Å². The number of piperazine rings is 1. The van der Waals surface area contributed by atoms with Crippen LogP contribution in [0.2, 0.25) is 0 Å². The van der Waals surface area contributed by atoms with Crippen molar-refractivity contribution in [1.29, 1.82) is 0 Å². The molecule has 27 heavy (non-hydrogen) atoms. The van der Waals surface area contributed by atoms with Gasteiger partial charge in [0.05, 0.1) is 5.52 Å². The molecule has 0 bridgehead atoms. The second kappa shape index (κ2) is 6.28. The summed E-state index contributed by atoms with van der Waals surface area (Å²) in [6, 6.07) is 14.4. The molecule has 5 rings (SSSR count). The molecule has 0 N–H and O–H groups in total. The molecule has 0 atom stereocenters. The zero-order chi connectivity index (χ0) is 18.4. The fourth-order valence-corrected chi connectivity index (χ4v) is 3.60. The van der Waals surface area contributed by atoms with Gasteiger partial charge in [-0.05, 0) is 43.4 Å². The van der Waals surface area contributed by atoms with Crippen LogP contribution in [0, 0.1) is 5.82 Å². The largest absolute Gasteiger partial charge is 0.353 e. The second-order valence-corrected chi connectivity index (χ2v) is 6.92. The minimum atomic E-state index is -0.272. The molecule has 0 unspecified atom stereocenters. The number of rotatable bonds is 2. The third-order valence-corrected chi connectivity index (χ3v) is 5.15. The third kappa shape index (κ3) is 2.71. The summed E-state index contributed by atoms with van der Waals surface area (Å²) in [5, 5.41) is 9.73. The van der Waals surface area contributed by atoms with Crippen LogP contribution in [0.1, 0.15) is 0 Å². The number of halogens is 1. The Kier molecular flexibility index (Phi) is 3.75. The van der Waals surface area contributed by atoms with E-state index in [1.165, 1.54) is 12.1 Å². The van der Waals surface area contributed by atoms with Crippen molar-refractivity contribution < 1.29 is 4.39 Å². The van der Waals surface area contributed by atoms with Gasteiger partial charge in [0.15, 0.2) is 5.65 Å². The van der Waals surface area contributed by atoms with Crippen LogP contribution in [0.5, 0.6) is 0 Å². The van der Waals surface area contributed by atoms with E-state index in [9.17, 15) is 4.39 Å². The van der Waals surface area contributed by atoms with Gasteiger partial charge >= 0.3 is 0 Å².